The van der Waals surface area contributed by atoms with E-state index >= 15 is 0 Å². The SMILES string of the molecule is O=CCc1cn(CCF)nc1-c1ccccc1. The van der Waals surface area contributed by atoms with Gasteiger partial charge in [-0.1, -0.05) is 30.3 Å². The van der Waals surface area contributed by atoms with Crippen LogP contribution in [-0.4, -0.2) is 22.7 Å². The summed E-state index contributed by atoms with van der Waals surface area (Å²) in [5, 5.41) is 4.31. The highest BCUT2D eigenvalue weighted by Gasteiger charge is 2.10. The average molecular weight is 232 g/mol. The number of carbonyl (C=O) groups excluding carboxylic acids is 1. The summed E-state index contributed by atoms with van der Waals surface area (Å²) in [7, 11) is 0. The summed E-state index contributed by atoms with van der Waals surface area (Å²) < 4.78 is 13.8. The van der Waals surface area contributed by atoms with Crippen LogP contribution in [0.1, 0.15) is 5.56 Å². The van der Waals surface area contributed by atoms with Gasteiger partial charge in [-0.3, -0.25) is 4.68 Å². The molecule has 0 saturated heterocycles. The highest BCUT2D eigenvalue weighted by molar-refractivity contribution is 5.67. The second-order valence-corrected chi connectivity index (χ2v) is 3.69. The van der Waals surface area contributed by atoms with Gasteiger partial charge in [0.25, 0.3) is 0 Å². The molecule has 3 nitrogen and oxygen atoms in total. The molecule has 0 aliphatic rings. The quantitative estimate of drug-likeness (QED) is 0.741. The Kier molecular flexibility index (Phi) is 3.65. The van der Waals surface area contributed by atoms with Crippen LogP contribution in [0.5, 0.6) is 0 Å². The third kappa shape index (κ3) is 2.58. The van der Waals surface area contributed by atoms with Crippen LogP contribution in [0.15, 0.2) is 36.5 Å². The number of aldehydes is 1. The van der Waals surface area contributed by atoms with Gasteiger partial charge in [0, 0.05) is 23.7 Å². The largest absolute Gasteiger partial charge is 0.303 e. The number of aryl methyl sites for hydroxylation is 1. The van der Waals surface area contributed by atoms with Gasteiger partial charge in [0.05, 0.1) is 12.2 Å². The molecule has 0 saturated carbocycles. The van der Waals surface area contributed by atoms with Crippen LogP contribution in [0.3, 0.4) is 0 Å². The highest BCUT2D eigenvalue weighted by Crippen LogP contribution is 2.21. The molecule has 1 heterocycles. The molecular formula is C13H13FN2O. The topological polar surface area (TPSA) is 34.9 Å². The van der Waals surface area contributed by atoms with Crippen molar-refractivity contribution in [2.24, 2.45) is 0 Å². The molecule has 88 valence electrons. The van der Waals surface area contributed by atoms with Crippen LogP contribution in [-0.2, 0) is 17.8 Å². The van der Waals surface area contributed by atoms with Crippen LogP contribution in [0.2, 0.25) is 0 Å². The van der Waals surface area contributed by atoms with Crippen molar-refractivity contribution in [1.82, 2.24) is 9.78 Å². The minimum atomic E-state index is -0.462. The lowest BCUT2D eigenvalue weighted by atomic mass is 10.1. The number of aromatic nitrogens is 2. The van der Waals surface area contributed by atoms with Crippen LogP contribution in [0, 0.1) is 0 Å². The van der Waals surface area contributed by atoms with E-state index in [-0.39, 0.29) is 6.54 Å². The van der Waals surface area contributed by atoms with Crippen LogP contribution >= 0.6 is 0 Å². The first-order valence-corrected chi connectivity index (χ1v) is 5.46. The Bertz CT molecular complexity index is 493. The molecule has 17 heavy (non-hydrogen) atoms. The zero-order valence-electron chi connectivity index (χ0n) is 9.34. The number of carbonyl (C=O) groups is 1. The van der Waals surface area contributed by atoms with Gasteiger partial charge in [-0.2, -0.15) is 5.10 Å². The van der Waals surface area contributed by atoms with Gasteiger partial charge in [-0.05, 0) is 0 Å². The first-order chi connectivity index (χ1) is 8.35. The number of nitrogens with zero attached hydrogens (tertiary/aromatic N) is 2. The van der Waals surface area contributed by atoms with Gasteiger partial charge in [0.15, 0.2) is 0 Å². The van der Waals surface area contributed by atoms with Crippen molar-refractivity contribution in [2.75, 3.05) is 6.67 Å². The van der Waals surface area contributed by atoms with Gasteiger partial charge < -0.3 is 4.79 Å². The van der Waals surface area contributed by atoms with E-state index in [2.05, 4.69) is 5.10 Å². The van der Waals surface area contributed by atoms with Gasteiger partial charge in [0.2, 0.25) is 0 Å². The molecule has 0 aliphatic carbocycles. The molecule has 0 atom stereocenters. The minimum Gasteiger partial charge on any atom is -0.303 e. The highest BCUT2D eigenvalue weighted by atomic mass is 19.1. The van der Waals surface area contributed by atoms with Crippen molar-refractivity contribution in [3.05, 3.63) is 42.1 Å². The van der Waals surface area contributed by atoms with Crippen molar-refractivity contribution in [1.29, 1.82) is 0 Å². The molecule has 4 heteroatoms. The maximum atomic E-state index is 12.3. The van der Waals surface area contributed by atoms with E-state index in [0.717, 1.165) is 23.1 Å². The molecule has 0 spiro atoms. The van der Waals surface area contributed by atoms with E-state index in [1.54, 1.807) is 10.9 Å². The number of hydrogen-bond acceptors (Lipinski definition) is 2. The lowest BCUT2D eigenvalue weighted by molar-refractivity contribution is -0.107. The predicted molar refractivity (Wildman–Crippen MR) is 63.4 cm³/mol. The van der Waals surface area contributed by atoms with Gasteiger partial charge >= 0.3 is 0 Å². The molecule has 0 N–H and O–H groups in total. The second kappa shape index (κ2) is 5.39. The van der Waals surface area contributed by atoms with Crippen LogP contribution < -0.4 is 0 Å². The predicted octanol–water partition coefficient (Wildman–Crippen LogP) is 2.26. The van der Waals surface area contributed by atoms with Crippen LogP contribution in [0.25, 0.3) is 11.3 Å². The summed E-state index contributed by atoms with van der Waals surface area (Å²) in [6.07, 6.45) is 2.87. The molecule has 1 aromatic carbocycles. The van der Waals surface area contributed by atoms with Crippen molar-refractivity contribution in [3.63, 3.8) is 0 Å². The Hall–Kier alpha value is -1.97. The summed E-state index contributed by atoms with van der Waals surface area (Å²) in [6, 6.07) is 9.59. The van der Waals surface area contributed by atoms with Crippen molar-refractivity contribution in [3.8, 4) is 11.3 Å². The molecule has 0 bridgehead atoms. The number of hydrogen-bond donors (Lipinski definition) is 0. The molecule has 0 fully saturated rings. The Morgan fingerprint density at radius 1 is 1.29 bits per heavy atom. The first-order valence-electron chi connectivity index (χ1n) is 5.46. The molecule has 0 unspecified atom stereocenters. The summed E-state index contributed by atoms with van der Waals surface area (Å²) in [6.45, 7) is -0.241. The molecule has 2 rings (SSSR count). The van der Waals surface area contributed by atoms with Crippen LogP contribution in [0.4, 0.5) is 4.39 Å². The number of halogens is 1. The summed E-state index contributed by atoms with van der Waals surface area (Å²) >= 11 is 0. The summed E-state index contributed by atoms with van der Waals surface area (Å²) in [5.41, 5.74) is 2.53. The third-order valence-corrected chi connectivity index (χ3v) is 2.50. The molecule has 1 aromatic heterocycles. The maximum Gasteiger partial charge on any atom is 0.124 e. The summed E-state index contributed by atoms with van der Waals surface area (Å²) in [4.78, 5) is 10.6. The third-order valence-electron chi connectivity index (χ3n) is 2.50. The van der Waals surface area contributed by atoms with Gasteiger partial charge in [-0.25, -0.2) is 4.39 Å². The molecule has 2 aromatic rings. The maximum absolute atomic E-state index is 12.3. The Morgan fingerprint density at radius 3 is 2.71 bits per heavy atom. The molecule has 0 amide bonds. The Labute approximate surface area is 98.9 Å². The lowest BCUT2D eigenvalue weighted by Crippen LogP contribution is -1.99. The van der Waals surface area contributed by atoms with E-state index < -0.39 is 6.67 Å². The molecular weight excluding hydrogens is 219 g/mol. The molecule has 0 radical (unpaired) electrons. The fraction of sp³-hybridized carbons (Fsp3) is 0.231. The smallest absolute Gasteiger partial charge is 0.124 e. The Balaban J connectivity index is 2.40. The fourth-order valence-corrected chi connectivity index (χ4v) is 1.74. The number of rotatable bonds is 5. The minimum absolute atomic E-state index is 0.221. The summed E-state index contributed by atoms with van der Waals surface area (Å²) in [5.74, 6) is 0. The number of benzene rings is 1. The zero-order valence-corrected chi connectivity index (χ0v) is 9.34. The van der Waals surface area contributed by atoms with Crippen molar-refractivity contribution < 1.29 is 9.18 Å². The standard InChI is InChI=1S/C13H13FN2O/c14-7-8-16-10-12(6-9-17)13(15-16)11-4-2-1-3-5-11/h1-5,9-10H,6-8H2. The fourth-order valence-electron chi connectivity index (χ4n) is 1.74. The van der Waals surface area contributed by atoms with Gasteiger partial charge in [-0.15, -0.1) is 0 Å². The van der Waals surface area contributed by atoms with E-state index in [9.17, 15) is 9.18 Å². The zero-order chi connectivity index (χ0) is 12.1. The normalized spacial score (nSPS) is 10.4. The van der Waals surface area contributed by atoms with Gasteiger partial charge in [0.1, 0.15) is 13.0 Å². The monoisotopic (exact) mass is 232 g/mol. The molecule has 0 aliphatic heterocycles. The van der Waals surface area contributed by atoms with E-state index in [1.807, 2.05) is 30.3 Å². The van der Waals surface area contributed by atoms with E-state index in [4.69, 9.17) is 0 Å². The van der Waals surface area contributed by atoms with E-state index in [0.29, 0.717) is 6.42 Å². The van der Waals surface area contributed by atoms with E-state index in [1.165, 1.54) is 0 Å². The first kappa shape index (κ1) is 11.5. The second-order valence-electron chi connectivity index (χ2n) is 3.69. The number of alkyl halides is 1. The lowest BCUT2D eigenvalue weighted by Gasteiger charge is -1.98. The van der Waals surface area contributed by atoms with Crippen molar-refractivity contribution >= 4 is 6.29 Å². The average Bonchev–Trinajstić information content (AvgIpc) is 2.74. The van der Waals surface area contributed by atoms with Crippen molar-refractivity contribution in [2.45, 2.75) is 13.0 Å². The Morgan fingerprint density at radius 2 is 2.06 bits per heavy atom.